The molecule has 3 fully saturated rings. The average molecular weight is 1810 g/mol. The molecule has 47 heteroatoms. The number of aliphatic carboxylic acids is 1. The topological polar surface area (TPSA) is 592 Å². The van der Waals surface area contributed by atoms with Gasteiger partial charge in [0.2, 0.25) is 29.5 Å². The Bertz CT molecular complexity index is 5730. The maximum Gasteiger partial charge on any atom is 0.407 e. The van der Waals surface area contributed by atoms with E-state index in [1.54, 1.807) is 39.0 Å². The Morgan fingerprint density at radius 2 is 0.802 bits per heavy atom. The summed E-state index contributed by atoms with van der Waals surface area (Å²) in [5, 5.41) is 70.5. The van der Waals surface area contributed by atoms with Gasteiger partial charge in [0.1, 0.15) is 48.3 Å². The maximum absolute atomic E-state index is 14.3. The van der Waals surface area contributed by atoms with E-state index in [9.17, 15) is 96.3 Å². The van der Waals surface area contributed by atoms with Crippen molar-refractivity contribution in [2.24, 2.45) is 22.9 Å². The Kier molecular flexibility index (Phi) is 31.8. The lowest BCUT2D eigenvalue weighted by Gasteiger charge is -2.42. The number of primary amides is 3. The molecule has 0 radical (unpaired) electrons. The van der Waals surface area contributed by atoms with Crippen molar-refractivity contribution >= 4 is 150 Å². The number of nitro benzene ring substituents is 3. The van der Waals surface area contributed by atoms with Gasteiger partial charge in [0.15, 0.2) is 17.1 Å². The third kappa shape index (κ3) is 25.9. The van der Waals surface area contributed by atoms with Crippen LogP contribution in [0.5, 0.6) is 0 Å². The van der Waals surface area contributed by atoms with Gasteiger partial charge in [0.05, 0.1) is 66.0 Å². The lowest BCUT2D eigenvalue weighted by Crippen LogP contribution is -2.58. The first kappa shape index (κ1) is 96.1. The van der Waals surface area contributed by atoms with Crippen LogP contribution in [0.4, 0.5) is 39.8 Å². The molecule has 9 aromatic rings. The van der Waals surface area contributed by atoms with E-state index in [-0.39, 0.29) is 157 Å². The van der Waals surface area contributed by atoms with Crippen molar-refractivity contribution in [3.63, 3.8) is 0 Å². The normalized spacial score (nSPS) is 16.1. The molecule has 0 unspecified atom stereocenters. The first-order valence-corrected chi connectivity index (χ1v) is 39.6. The number of rotatable bonds is 29. The molecule has 3 saturated carbocycles. The number of ether oxygens (including phenoxy) is 2. The molecule has 3 aliphatic carbocycles. The van der Waals surface area contributed by atoms with Crippen molar-refractivity contribution < 1.29 is 95.3 Å². The zero-order valence-corrected chi connectivity index (χ0v) is 70.4. The number of aromatic nitrogens is 6. The number of hydrogen-bond acceptors (Lipinski definition) is 24. The number of non-ortho nitro benzene ring substituents is 3. The van der Waals surface area contributed by atoms with Crippen molar-refractivity contribution in [3.05, 3.63) is 206 Å². The summed E-state index contributed by atoms with van der Waals surface area (Å²) in [6, 6.07) is 23.6. The van der Waals surface area contributed by atoms with E-state index in [1.165, 1.54) is 92.0 Å². The van der Waals surface area contributed by atoms with Gasteiger partial charge in [-0.2, -0.15) is 15.3 Å². The van der Waals surface area contributed by atoms with Crippen LogP contribution < -0.4 is 54.8 Å². The number of amides is 10. The molecule has 0 spiro atoms. The van der Waals surface area contributed by atoms with Crippen LogP contribution >= 0.6 is 34.8 Å². The molecule has 10 amide bonds. The number of nitrogens with one attached hydrogen (secondary N) is 6. The van der Waals surface area contributed by atoms with E-state index in [2.05, 4.69) is 47.2 Å². The Balaban J connectivity index is 0.000000198. The molecule has 126 heavy (non-hydrogen) atoms. The van der Waals surface area contributed by atoms with Crippen molar-refractivity contribution in [2.75, 3.05) is 19.6 Å². The third-order valence-corrected chi connectivity index (χ3v) is 20.3. The summed E-state index contributed by atoms with van der Waals surface area (Å²) in [4.78, 5) is 168. The van der Waals surface area contributed by atoms with Crippen LogP contribution in [0.3, 0.4) is 0 Å². The zero-order valence-electron chi connectivity index (χ0n) is 68.2. The largest absolute Gasteiger partial charge is 0.480 e. The Morgan fingerprint density at radius 1 is 0.484 bits per heavy atom. The number of carboxylic acids is 1. The van der Waals surface area contributed by atoms with Crippen LogP contribution in [0.25, 0.3) is 32.7 Å². The van der Waals surface area contributed by atoms with Gasteiger partial charge >= 0.3 is 18.2 Å². The number of alkyl carbamates (subject to hydrolysis) is 2. The number of carbonyl (C=O) groups excluding carboxylic acids is 10. The fourth-order valence-electron chi connectivity index (χ4n) is 13.2. The highest BCUT2D eigenvalue weighted by molar-refractivity contribution is 6.31. The van der Waals surface area contributed by atoms with E-state index < -0.39 is 129 Å². The number of nitrogens with zero attached hydrogens (tertiary/aromatic N) is 11. The molecule has 0 atom stereocenters. The molecule has 3 heterocycles. The number of halogens is 6. The van der Waals surface area contributed by atoms with Gasteiger partial charge in [0.25, 0.3) is 34.8 Å². The monoisotopic (exact) mass is 1810 g/mol. The number of nitro groups is 3. The lowest BCUT2D eigenvalue weighted by atomic mass is 9.85. The van der Waals surface area contributed by atoms with E-state index >= 15 is 0 Å². The second kappa shape index (κ2) is 41.6. The van der Waals surface area contributed by atoms with Gasteiger partial charge in [-0.1, -0.05) is 71.2 Å². The second-order valence-corrected chi connectivity index (χ2v) is 32.4. The Hall–Kier alpha value is -13.7. The first-order chi connectivity index (χ1) is 59.2. The van der Waals surface area contributed by atoms with Gasteiger partial charge < -0.3 is 79.2 Å². The summed E-state index contributed by atoms with van der Waals surface area (Å²) >= 11 is 17.3. The minimum absolute atomic E-state index is 0.0351. The average Bonchev–Trinajstić information content (AvgIpc) is 1.62. The van der Waals surface area contributed by atoms with E-state index in [4.69, 9.17) is 72.3 Å². The number of nitrogens with two attached hydrogens (primary N) is 4. The highest BCUT2D eigenvalue weighted by Gasteiger charge is 2.40. The number of benzene rings is 6. The van der Waals surface area contributed by atoms with Crippen LogP contribution in [0.1, 0.15) is 128 Å². The van der Waals surface area contributed by atoms with Crippen molar-refractivity contribution in [1.82, 2.24) is 71.0 Å². The summed E-state index contributed by atoms with van der Waals surface area (Å²) in [6.07, 6.45) is 2.03. The highest BCUT2D eigenvalue weighted by atomic mass is 35.5. The van der Waals surface area contributed by atoms with Crippen molar-refractivity contribution in [1.29, 1.82) is 0 Å². The number of fused-ring (bicyclic) bond motifs is 3. The molecule has 3 aromatic heterocycles. The van der Waals surface area contributed by atoms with Crippen LogP contribution in [0.2, 0.25) is 15.1 Å². The molecule has 6 aromatic carbocycles. The van der Waals surface area contributed by atoms with Crippen molar-refractivity contribution in [2.45, 2.75) is 167 Å². The Labute approximate surface area is 728 Å². The van der Waals surface area contributed by atoms with Crippen LogP contribution in [-0.4, -0.2) is 192 Å². The summed E-state index contributed by atoms with van der Waals surface area (Å²) in [5.74, 6) is -8.10. The zero-order chi connectivity index (χ0) is 92.7. The molecule has 0 aliphatic heterocycles. The fourth-order valence-corrected chi connectivity index (χ4v) is 13.8. The van der Waals surface area contributed by atoms with Crippen LogP contribution in [-0.2, 0) is 77.5 Å². The summed E-state index contributed by atoms with van der Waals surface area (Å²) in [7, 11) is 0. The third-order valence-electron chi connectivity index (χ3n) is 19.5. The number of carbonyl (C=O) groups is 11. The SMILES string of the molecule is CC(C)(C)OC(=O)NC1CC(N(CC(=O)NCc2cccc(Cl)c2F)C(=O)Cn2nc(C(N)=O)c3cc([N+](=O)[O-])ccc32)C1.CC(C)(C)OC(=O)NC1CC(NCC(=O)NCc2cccc(Cl)c2F)C1.NC(=O)c1nn(CC(=O)N(CC(=O)NCc2cccc(Cl)c2F)C2CC(N)C2)c2ccc([N+](=O)[O-])cc12.NC(=O)c1nn(CC(=O)O)c2ccc([N+](=O)[O-])cc12. The van der Waals surface area contributed by atoms with E-state index in [0.717, 1.165) is 35.7 Å². The first-order valence-electron chi connectivity index (χ1n) is 38.4. The second-order valence-electron chi connectivity index (χ2n) is 31.1. The molecule has 0 bridgehead atoms. The van der Waals surface area contributed by atoms with Gasteiger partial charge in [-0.25, -0.2) is 22.8 Å². The van der Waals surface area contributed by atoms with Crippen molar-refractivity contribution in [3.8, 4) is 0 Å². The van der Waals surface area contributed by atoms with Gasteiger partial charge in [-0.05, 0) is 116 Å². The van der Waals surface area contributed by atoms with E-state index in [0.29, 0.717) is 42.3 Å². The Morgan fingerprint density at radius 3 is 1.11 bits per heavy atom. The maximum atomic E-state index is 14.3. The number of carboxylic acid groups (broad SMARTS) is 1. The standard InChI is InChI=1S/C28H31ClFN7O7.C23H23ClFN7O5.C18H25ClFN3O3.C10H8N4O5/c1-28(2,3)44-27(41)33-16-9-18(10-16)35(13-22(38)32-12-15-5-4-6-20(29)24(15)30)23(39)14-36-21-8-7-17(37(42)43)11-19(21)25(34-36)26(31)40;24-17-3-1-2-12(21(17)25)9-28-19(33)10-30(15-6-13(26)7-15)20(34)11-31-18-5-4-14(32(36)37)8-16(18)22(29-31)23(27)35;1-18(2,3)26-17(25)23-13-7-12(8-13)21-10-15(24)22-9-11-5-4-6-14(19)16(11)20;11-10(17)9-6-3-5(14(18)19)1-2-7(6)13(12-9)4-8(15)16/h4-8,11,16,18H,9-10,12-14H2,1-3H3,(H2,31,40)(H,32,38)(H,33,41);1-5,8,13,15H,6-7,9-11,26H2,(H2,27,35)(H,28,33);4-6,12-13,21H,7-10H2,1-3H3,(H,22,24)(H,23,25);1-3H,4H2,(H2,11,17)(H,15,16). The molecular weight excluding hydrogens is 1730 g/mol. The summed E-state index contributed by atoms with van der Waals surface area (Å²) in [6.45, 7) is 8.55. The summed E-state index contributed by atoms with van der Waals surface area (Å²) < 4.78 is 56.1. The van der Waals surface area contributed by atoms with E-state index in [1.807, 2.05) is 20.8 Å². The van der Waals surface area contributed by atoms with Gasteiger partial charge in [-0.15, -0.1) is 0 Å². The minimum Gasteiger partial charge on any atom is -0.480 e. The quantitative estimate of drug-likeness (QED) is 0.0161. The molecule has 15 N–H and O–H groups in total. The van der Waals surface area contributed by atoms with Crippen LogP contribution in [0, 0.1) is 47.8 Å². The molecule has 0 saturated heterocycles. The highest BCUT2D eigenvalue weighted by Crippen LogP contribution is 2.32. The fraction of sp³-hybridized carbons (Fsp3) is 0.367. The number of hydrogen-bond donors (Lipinski definition) is 11. The lowest BCUT2D eigenvalue weighted by molar-refractivity contribution is -0.384. The van der Waals surface area contributed by atoms with Gasteiger partial charge in [-0.3, -0.25) is 87.5 Å². The smallest absolute Gasteiger partial charge is 0.407 e. The minimum atomic E-state index is -1.15. The predicted octanol–water partition coefficient (Wildman–Crippen LogP) is 7.38. The predicted molar refractivity (Wildman–Crippen MR) is 447 cm³/mol. The molecule has 670 valence electrons. The molecule has 12 rings (SSSR count). The van der Waals surface area contributed by atoms with Crippen LogP contribution in [0.15, 0.2) is 109 Å². The molecule has 41 nitrogen and oxygen atoms in total. The molecule has 3 aliphatic rings. The summed E-state index contributed by atoms with van der Waals surface area (Å²) in [5.41, 5.74) is 20.7. The molecular formula is C79H87Cl3F3N21O20. The van der Waals surface area contributed by atoms with Gasteiger partial charge in [0, 0.05) is 125 Å².